The molecule has 0 atom stereocenters. The molecule has 0 radical (unpaired) electrons. The molecule has 0 amide bonds. The minimum absolute atomic E-state index is 0.0239. The molecule has 2 N–H and O–H groups in total. The van der Waals surface area contributed by atoms with E-state index >= 15 is 0 Å². The second kappa shape index (κ2) is 6.06. The van der Waals surface area contributed by atoms with Gasteiger partial charge in [-0.25, -0.2) is 4.98 Å². The highest BCUT2D eigenvalue weighted by Gasteiger charge is 2.17. The van der Waals surface area contributed by atoms with Crippen molar-refractivity contribution in [2.45, 2.75) is 0 Å². The molecule has 0 saturated carbocycles. The molecule has 5 rings (SSSR count). The van der Waals surface area contributed by atoms with Crippen LogP contribution in [0.1, 0.15) is 0 Å². The predicted octanol–water partition coefficient (Wildman–Crippen LogP) is 2.85. The number of morpholine rings is 1. The molecule has 1 fully saturated rings. The maximum absolute atomic E-state index is 11.1. The number of nitro groups is 1. The highest BCUT2D eigenvalue weighted by atomic mass is 16.6. The monoisotopic (exact) mass is 364 g/mol. The first-order chi connectivity index (χ1) is 13.2. The quantitative estimate of drug-likeness (QED) is 0.427. The van der Waals surface area contributed by atoms with Crippen molar-refractivity contribution in [3.63, 3.8) is 0 Å². The number of rotatable bonds is 3. The first kappa shape index (κ1) is 15.8. The molecule has 1 aliphatic rings. The zero-order valence-electron chi connectivity index (χ0n) is 14.3. The molecule has 9 heteroatoms. The van der Waals surface area contributed by atoms with Gasteiger partial charge in [0.05, 0.1) is 34.7 Å². The first-order valence-corrected chi connectivity index (χ1v) is 8.64. The van der Waals surface area contributed by atoms with Gasteiger partial charge in [-0.15, -0.1) is 0 Å². The summed E-state index contributed by atoms with van der Waals surface area (Å²) in [5, 5.41) is 19.0. The van der Waals surface area contributed by atoms with E-state index < -0.39 is 4.92 Å². The number of aromatic amines is 2. The maximum atomic E-state index is 11.1. The molecule has 0 spiro atoms. The molecule has 4 aromatic rings. The van der Waals surface area contributed by atoms with E-state index in [0.29, 0.717) is 16.9 Å². The fourth-order valence-electron chi connectivity index (χ4n) is 3.42. The summed E-state index contributed by atoms with van der Waals surface area (Å²) in [5.41, 5.74) is 4.15. The number of ether oxygens (including phenoxy) is 1. The molecular formula is C18H16N6O3. The van der Waals surface area contributed by atoms with Crippen LogP contribution in [0.15, 0.2) is 36.4 Å². The molecule has 1 saturated heterocycles. The van der Waals surface area contributed by atoms with E-state index in [4.69, 9.17) is 4.74 Å². The number of non-ortho nitro benzene ring substituents is 1. The smallest absolute Gasteiger partial charge is 0.270 e. The van der Waals surface area contributed by atoms with Gasteiger partial charge in [0.2, 0.25) is 0 Å². The summed E-state index contributed by atoms with van der Waals surface area (Å²) in [6.45, 7) is 3.18. The van der Waals surface area contributed by atoms with Crippen molar-refractivity contribution in [2.75, 3.05) is 31.2 Å². The van der Waals surface area contributed by atoms with E-state index in [2.05, 4.69) is 31.1 Å². The van der Waals surface area contributed by atoms with Gasteiger partial charge in [-0.2, -0.15) is 5.10 Å². The zero-order chi connectivity index (χ0) is 18.4. The first-order valence-electron chi connectivity index (χ1n) is 8.64. The Bertz CT molecular complexity index is 1160. The van der Waals surface area contributed by atoms with Gasteiger partial charge in [0.25, 0.3) is 5.69 Å². The predicted molar refractivity (Wildman–Crippen MR) is 101 cm³/mol. The molecule has 27 heavy (non-hydrogen) atoms. The Labute approximate surface area is 153 Å². The van der Waals surface area contributed by atoms with Crippen molar-refractivity contribution in [1.82, 2.24) is 20.2 Å². The summed E-state index contributed by atoms with van der Waals surface area (Å²) in [4.78, 5) is 20.9. The van der Waals surface area contributed by atoms with Crippen LogP contribution in [-0.4, -0.2) is 51.4 Å². The summed E-state index contributed by atoms with van der Waals surface area (Å²) in [7, 11) is 0. The molecule has 0 bridgehead atoms. The fraction of sp³-hybridized carbons (Fsp3) is 0.222. The number of benzene rings is 2. The number of anilines is 1. The summed E-state index contributed by atoms with van der Waals surface area (Å²) in [5.74, 6) is 0.580. The van der Waals surface area contributed by atoms with Gasteiger partial charge in [0.1, 0.15) is 5.69 Å². The normalized spacial score (nSPS) is 14.9. The standard InChI is InChI=1S/C18H16N6O3/c25-24(26)12-2-3-14-13(9-12)17(22-21-14)18-19-15-4-1-11(10-16(15)20-18)23-5-7-27-8-6-23/h1-4,9-10H,5-8H2,(H,19,20)(H,21,22). The van der Waals surface area contributed by atoms with Crippen LogP contribution in [0.3, 0.4) is 0 Å². The van der Waals surface area contributed by atoms with Crippen LogP contribution >= 0.6 is 0 Å². The Morgan fingerprint density at radius 2 is 1.96 bits per heavy atom. The third kappa shape index (κ3) is 2.68. The summed E-state index contributed by atoms with van der Waals surface area (Å²) < 4.78 is 5.41. The molecule has 9 nitrogen and oxygen atoms in total. The van der Waals surface area contributed by atoms with E-state index in [1.54, 1.807) is 6.07 Å². The van der Waals surface area contributed by atoms with Crippen LogP contribution in [0.5, 0.6) is 0 Å². The number of hydrogen-bond acceptors (Lipinski definition) is 6. The van der Waals surface area contributed by atoms with E-state index in [1.807, 2.05) is 12.1 Å². The SMILES string of the molecule is O=[N+]([O-])c1ccc2[nH]nc(-c3nc4ccc(N5CCOCC5)cc4[nH]3)c2c1. The van der Waals surface area contributed by atoms with Crippen molar-refractivity contribution in [3.05, 3.63) is 46.5 Å². The van der Waals surface area contributed by atoms with Gasteiger partial charge < -0.3 is 14.6 Å². The van der Waals surface area contributed by atoms with E-state index in [1.165, 1.54) is 12.1 Å². The van der Waals surface area contributed by atoms with Crippen molar-refractivity contribution in [2.24, 2.45) is 0 Å². The average Bonchev–Trinajstić information content (AvgIpc) is 3.31. The second-order valence-electron chi connectivity index (χ2n) is 6.45. The molecule has 1 aliphatic heterocycles. The van der Waals surface area contributed by atoms with Crippen LogP contribution in [0.25, 0.3) is 33.5 Å². The van der Waals surface area contributed by atoms with Crippen molar-refractivity contribution >= 4 is 33.3 Å². The Kier molecular flexibility index (Phi) is 3.54. The van der Waals surface area contributed by atoms with Gasteiger partial charge in [0, 0.05) is 36.3 Å². The zero-order valence-corrected chi connectivity index (χ0v) is 14.3. The Balaban J connectivity index is 1.58. The average molecular weight is 364 g/mol. The van der Waals surface area contributed by atoms with Crippen LogP contribution in [0.4, 0.5) is 11.4 Å². The number of hydrogen-bond donors (Lipinski definition) is 2. The summed E-state index contributed by atoms with van der Waals surface area (Å²) in [6.07, 6.45) is 0. The lowest BCUT2D eigenvalue weighted by atomic mass is 10.2. The van der Waals surface area contributed by atoms with Gasteiger partial charge in [0.15, 0.2) is 5.82 Å². The summed E-state index contributed by atoms with van der Waals surface area (Å²) in [6, 6.07) is 10.7. The molecule has 2 aromatic carbocycles. The maximum Gasteiger partial charge on any atom is 0.270 e. The van der Waals surface area contributed by atoms with Gasteiger partial charge in [-0.1, -0.05) is 0 Å². The van der Waals surface area contributed by atoms with Crippen LogP contribution in [0, 0.1) is 10.1 Å². The van der Waals surface area contributed by atoms with Crippen molar-refractivity contribution in [3.8, 4) is 11.5 Å². The molecule has 3 heterocycles. The Morgan fingerprint density at radius 1 is 1.11 bits per heavy atom. The van der Waals surface area contributed by atoms with E-state index in [0.717, 1.165) is 48.5 Å². The van der Waals surface area contributed by atoms with Crippen molar-refractivity contribution < 1.29 is 9.66 Å². The molecule has 0 aliphatic carbocycles. The number of nitro benzene ring substituents is 1. The molecular weight excluding hydrogens is 348 g/mol. The fourth-order valence-corrected chi connectivity index (χ4v) is 3.42. The molecule has 2 aromatic heterocycles. The van der Waals surface area contributed by atoms with Gasteiger partial charge in [-0.3, -0.25) is 15.2 Å². The summed E-state index contributed by atoms with van der Waals surface area (Å²) >= 11 is 0. The largest absolute Gasteiger partial charge is 0.378 e. The Morgan fingerprint density at radius 3 is 2.78 bits per heavy atom. The molecule has 0 unspecified atom stereocenters. The highest BCUT2D eigenvalue weighted by Crippen LogP contribution is 2.30. The molecule has 136 valence electrons. The third-order valence-corrected chi connectivity index (χ3v) is 4.82. The highest BCUT2D eigenvalue weighted by molar-refractivity contribution is 5.94. The number of nitrogens with zero attached hydrogens (tertiary/aromatic N) is 4. The topological polar surface area (TPSA) is 113 Å². The Hall–Kier alpha value is -3.46. The number of aromatic nitrogens is 4. The second-order valence-corrected chi connectivity index (χ2v) is 6.45. The number of H-pyrrole nitrogens is 2. The van der Waals surface area contributed by atoms with Crippen LogP contribution in [0.2, 0.25) is 0 Å². The lowest BCUT2D eigenvalue weighted by Crippen LogP contribution is -2.36. The van der Waals surface area contributed by atoms with Crippen LogP contribution < -0.4 is 4.90 Å². The van der Waals surface area contributed by atoms with Gasteiger partial charge >= 0.3 is 0 Å². The van der Waals surface area contributed by atoms with Crippen molar-refractivity contribution in [1.29, 1.82) is 0 Å². The minimum Gasteiger partial charge on any atom is -0.378 e. The minimum atomic E-state index is -0.413. The van der Waals surface area contributed by atoms with E-state index in [9.17, 15) is 10.1 Å². The number of nitrogens with one attached hydrogen (secondary N) is 2. The lowest BCUT2D eigenvalue weighted by molar-refractivity contribution is -0.384. The number of imidazole rings is 1. The number of fused-ring (bicyclic) bond motifs is 2. The van der Waals surface area contributed by atoms with Crippen LogP contribution in [-0.2, 0) is 4.74 Å². The third-order valence-electron chi connectivity index (χ3n) is 4.82. The lowest BCUT2D eigenvalue weighted by Gasteiger charge is -2.28. The van der Waals surface area contributed by atoms with E-state index in [-0.39, 0.29) is 5.69 Å². The van der Waals surface area contributed by atoms with Gasteiger partial charge in [-0.05, 0) is 24.3 Å².